The van der Waals surface area contributed by atoms with Crippen LogP contribution in [-0.2, 0) is 6.54 Å². The maximum Gasteiger partial charge on any atom is 0.0238 e. The number of nitrogens with one attached hydrogen (secondary N) is 1. The van der Waals surface area contributed by atoms with Gasteiger partial charge in [-0.1, -0.05) is 18.2 Å². The lowest BCUT2D eigenvalue weighted by molar-refractivity contribution is 0.216. The number of rotatable bonds is 3. The van der Waals surface area contributed by atoms with Crippen molar-refractivity contribution in [3.8, 4) is 0 Å². The Morgan fingerprint density at radius 2 is 1.89 bits per heavy atom. The van der Waals surface area contributed by atoms with Gasteiger partial charge in [0.05, 0.1) is 0 Å². The normalized spacial score (nSPS) is 21.0. The molecule has 1 atom stereocenters. The maximum atomic E-state index is 3.49. The third-order valence-corrected chi connectivity index (χ3v) is 4.22. The first kappa shape index (κ1) is 13.6. The number of nitrogens with zero attached hydrogens (tertiary/aromatic N) is 1. The summed E-state index contributed by atoms with van der Waals surface area (Å²) in [5, 5.41) is 3.49. The summed E-state index contributed by atoms with van der Waals surface area (Å²) in [4.78, 5) is 2.54. The average Bonchev–Trinajstić information content (AvgIpc) is 2.62. The van der Waals surface area contributed by atoms with E-state index in [9.17, 15) is 0 Å². The second-order valence-corrected chi connectivity index (χ2v) is 5.62. The van der Waals surface area contributed by atoms with Gasteiger partial charge in [-0.05, 0) is 69.9 Å². The summed E-state index contributed by atoms with van der Waals surface area (Å²) in [6.45, 7) is 7.90. The number of hydrogen-bond donors (Lipinski definition) is 1. The molecular formula is C16H26N2. The van der Waals surface area contributed by atoms with Gasteiger partial charge in [-0.2, -0.15) is 0 Å². The van der Waals surface area contributed by atoms with E-state index in [2.05, 4.69) is 49.3 Å². The molecule has 0 bridgehead atoms. The van der Waals surface area contributed by atoms with Crippen LogP contribution in [0.2, 0.25) is 0 Å². The summed E-state index contributed by atoms with van der Waals surface area (Å²) >= 11 is 0. The van der Waals surface area contributed by atoms with E-state index in [0.717, 1.165) is 12.6 Å². The summed E-state index contributed by atoms with van der Waals surface area (Å²) in [7, 11) is 2.28. The first-order chi connectivity index (χ1) is 8.68. The Morgan fingerprint density at radius 1 is 1.17 bits per heavy atom. The lowest BCUT2D eigenvalue weighted by Gasteiger charge is -2.28. The van der Waals surface area contributed by atoms with E-state index in [1.165, 1.54) is 49.0 Å². The molecule has 0 radical (unpaired) electrons. The van der Waals surface area contributed by atoms with E-state index in [0.29, 0.717) is 0 Å². The van der Waals surface area contributed by atoms with E-state index >= 15 is 0 Å². The van der Waals surface area contributed by atoms with Gasteiger partial charge in [0, 0.05) is 12.6 Å². The summed E-state index contributed by atoms with van der Waals surface area (Å²) in [6.07, 6.45) is 3.91. The molecule has 1 aliphatic rings. The lowest BCUT2D eigenvalue weighted by Crippen LogP contribution is -2.32. The predicted octanol–water partition coefficient (Wildman–Crippen LogP) is 2.88. The van der Waals surface area contributed by atoms with E-state index in [1.54, 1.807) is 0 Å². The molecule has 2 rings (SSSR count). The zero-order chi connectivity index (χ0) is 13.0. The molecule has 2 nitrogen and oxygen atoms in total. The Labute approximate surface area is 111 Å². The fourth-order valence-electron chi connectivity index (χ4n) is 2.92. The van der Waals surface area contributed by atoms with Crippen LogP contribution in [0.1, 0.15) is 36.0 Å². The lowest BCUT2D eigenvalue weighted by atomic mass is 10.0. The molecule has 0 saturated carbocycles. The van der Waals surface area contributed by atoms with Crippen molar-refractivity contribution in [1.29, 1.82) is 0 Å². The molecule has 0 aliphatic carbocycles. The Morgan fingerprint density at radius 3 is 2.61 bits per heavy atom. The van der Waals surface area contributed by atoms with Gasteiger partial charge in [-0.25, -0.2) is 0 Å². The molecule has 0 spiro atoms. The minimum Gasteiger partial charge on any atom is -0.317 e. The van der Waals surface area contributed by atoms with Crippen LogP contribution in [0.25, 0.3) is 0 Å². The largest absolute Gasteiger partial charge is 0.317 e. The molecule has 1 saturated heterocycles. The summed E-state index contributed by atoms with van der Waals surface area (Å²) in [5.74, 6) is 0. The van der Waals surface area contributed by atoms with E-state index in [-0.39, 0.29) is 0 Å². The minimum absolute atomic E-state index is 0.735. The van der Waals surface area contributed by atoms with Gasteiger partial charge < -0.3 is 5.32 Å². The highest BCUT2D eigenvalue weighted by Gasteiger charge is 2.17. The van der Waals surface area contributed by atoms with Crippen LogP contribution in [-0.4, -0.2) is 31.1 Å². The van der Waals surface area contributed by atoms with Crippen molar-refractivity contribution in [2.45, 2.75) is 45.7 Å². The molecule has 1 unspecified atom stereocenters. The second-order valence-electron chi connectivity index (χ2n) is 5.62. The molecule has 0 aromatic heterocycles. The van der Waals surface area contributed by atoms with Crippen LogP contribution in [0, 0.1) is 13.8 Å². The van der Waals surface area contributed by atoms with Crippen LogP contribution in [0.3, 0.4) is 0 Å². The smallest absolute Gasteiger partial charge is 0.0238 e. The Balaban J connectivity index is 2.03. The Hall–Kier alpha value is -0.860. The third-order valence-electron chi connectivity index (χ3n) is 4.22. The Bertz CT molecular complexity index is 358. The van der Waals surface area contributed by atoms with Crippen molar-refractivity contribution in [2.75, 3.05) is 20.1 Å². The monoisotopic (exact) mass is 246 g/mol. The van der Waals surface area contributed by atoms with Crippen molar-refractivity contribution >= 4 is 0 Å². The van der Waals surface area contributed by atoms with Gasteiger partial charge in [0.25, 0.3) is 0 Å². The van der Waals surface area contributed by atoms with Gasteiger partial charge >= 0.3 is 0 Å². The SMILES string of the molecule is Cc1cccc(C)c1CN(C)C1CCCNCC1. The molecule has 0 amide bonds. The van der Waals surface area contributed by atoms with Gasteiger partial charge in [0.2, 0.25) is 0 Å². The van der Waals surface area contributed by atoms with Crippen LogP contribution in [0.5, 0.6) is 0 Å². The molecule has 1 heterocycles. The summed E-state index contributed by atoms with van der Waals surface area (Å²) < 4.78 is 0. The fourth-order valence-corrected chi connectivity index (χ4v) is 2.92. The average molecular weight is 246 g/mol. The highest BCUT2D eigenvalue weighted by molar-refractivity contribution is 5.33. The Kier molecular flexibility index (Phi) is 4.79. The zero-order valence-corrected chi connectivity index (χ0v) is 12.0. The molecule has 1 aliphatic heterocycles. The van der Waals surface area contributed by atoms with Crippen molar-refractivity contribution in [3.63, 3.8) is 0 Å². The molecule has 2 heteroatoms. The fraction of sp³-hybridized carbons (Fsp3) is 0.625. The van der Waals surface area contributed by atoms with Gasteiger partial charge in [0.1, 0.15) is 0 Å². The van der Waals surface area contributed by atoms with Crippen molar-refractivity contribution < 1.29 is 0 Å². The first-order valence-corrected chi connectivity index (χ1v) is 7.14. The van der Waals surface area contributed by atoms with Crippen molar-refractivity contribution in [2.24, 2.45) is 0 Å². The highest BCUT2D eigenvalue weighted by atomic mass is 15.1. The van der Waals surface area contributed by atoms with Gasteiger partial charge in [-0.15, -0.1) is 0 Å². The molecule has 100 valence electrons. The van der Waals surface area contributed by atoms with E-state index in [1.807, 2.05) is 0 Å². The molecule has 1 N–H and O–H groups in total. The van der Waals surface area contributed by atoms with Crippen LogP contribution in [0.15, 0.2) is 18.2 Å². The zero-order valence-electron chi connectivity index (χ0n) is 12.0. The summed E-state index contributed by atoms with van der Waals surface area (Å²) in [5.41, 5.74) is 4.36. The molecule has 1 fully saturated rings. The quantitative estimate of drug-likeness (QED) is 0.882. The minimum atomic E-state index is 0.735. The van der Waals surface area contributed by atoms with Crippen molar-refractivity contribution in [1.82, 2.24) is 10.2 Å². The first-order valence-electron chi connectivity index (χ1n) is 7.14. The molecule has 1 aromatic rings. The third kappa shape index (κ3) is 3.33. The van der Waals surface area contributed by atoms with Crippen LogP contribution < -0.4 is 5.32 Å². The van der Waals surface area contributed by atoms with Crippen LogP contribution in [0.4, 0.5) is 0 Å². The maximum absolute atomic E-state index is 3.49. The van der Waals surface area contributed by atoms with E-state index < -0.39 is 0 Å². The topological polar surface area (TPSA) is 15.3 Å². The molecular weight excluding hydrogens is 220 g/mol. The standard InChI is InChI=1S/C16H26N2/c1-13-6-4-7-14(2)16(13)12-18(3)15-8-5-10-17-11-9-15/h4,6-7,15,17H,5,8-12H2,1-3H3. The van der Waals surface area contributed by atoms with Gasteiger partial charge in [-0.3, -0.25) is 4.90 Å². The molecule has 1 aromatic carbocycles. The predicted molar refractivity (Wildman–Crippen MR) is 77.9 cm³/mol. The second kappa shape index (κ2) is 6.35. The van der Waals surface area contributed by atoms with E-state index in [4.69, 9.17) is 0 Å². The number of hydrogen-bond acceptors (Lipinski definition) is 2. The highest BCUT2D eigenvalue weighted by Crippen LogP contribution is 2.19. The van der Waals surface area contributed by atoms with Gasteiger partial charge in [0.15, 0.2) is 0 Å². The summed E-state index contributed by atoms with van der Waals surface area (Å²) in [6, 6.07) is 7.35. The molecule has 18 heavy (non-hydrogen) atoms. The van der Waals surface area contributed by atoms with Crippen molar-refractivity contribution in [3.05, 3.63) is 34.9 Å². The number of benzene rings is 1. The number of aryl methyl sites for hydroxylation is 2. The van der Waals surface area contributed by atoms with Crippen LogP contribution >= 0.6 is 0 Å².